The van der Waals surface area contributed by atoms with Crippen LogP contribution >= 0.6 is 0 Å². The highest BCUT2D eigenvalue weighted by molar-refractivity contribution is 6.16. The number of rotatable bonds is 4. The Kier molecular flexibility index (Phi) is 3.87. The van der Waals surface area contributed by atoms with E-state index in [0.717, 1.165) is 5.56 Å². The number of aromatic amines is 1. The molecular formula is C20H16N6O3. The average molecular weight is 388 g/mol. The van der Waals surface area contributed by atoms with E-state index in [2.05, 4.69) is 20.5 Å². The van der Waals surface area contributed by atoms with Crippen LogP contribution in [0.3, 0.4) is 0 Å². The fourth-order valence-electron chi connectivity index (χ4n) is 3.88. The normalized spacial score (nSPS) is 17.0. The summed E-state index contributed by atoms with van der Waals surface area (Å²) in [5, 5.41) is 8.83. The summed E-state index contributed by atoms with van der Waals surface area (Å²) in [6, 6.07) is 14.3. The fraction of sp³-hybridized carbons (Fsp3) is 0.150. The molecule has 0 spiro atoms. The first-order valence-corrected chi connectivity index (χ1v) is 9.13. The molecule has 0 saturated carbocycles. The molecule has 3 amide bonds. The number of nitrogens with zero attached hydrogens (tertiary/aromatic N) is 4. The van der Waals surface area contributed by atoms with E-state index in [-0.39, 0.29) is 36.6 Å². The molecule has 0 bridgehead atoms. The van der Waals surface area contributed by atoms with Crippen molar-refractivity contribution in [2.45, 2.75) is 12.6 Å². The van der Waals surface area contributed by atoms with Crippen molar-refractivity contribution in [3.63, 3.8) is 0 Å². The number of para-hydroxylation sites is 1. The predicted octanol–water partition coefficient (Wildman–Crippen LogP) is 1.95. The van der Waals surface area contributed by atoms with Gasteiger partial charge in [0, 0.05) is 24.1 Å². The molecule has 2 N–H and O–H groups in total. The van der Waals surface area contributed by atoms with Crippen molar-refractivity contribution in [1.29, 1.82) is 0 Å². The number of carbonyl (C=O) groups is 3. The van der Waals surface area contributed by atoms with Gasteiger partial charge in [-0.05, 0) is 18.2 Å². The number of H-pyrrole nitrogens is 1. The van der Waals surface area contributed by atoms with Gasteiger partial charge in [-0.25, -0.2) is 5.10 Å². The quantitative estimate of drug-likeness (QED) is 0.710. The lowest BCUT2D eigenvalue weighted by atomic mass is 10.0. The first-order chi connectivity index (χ1) is 14.1. The smallest absolute Gasteiger partial charge is 0.260 e. The van der Waals surface area contributed by atoms with Crippen molar-refractivity contribution >= 4 is 29.4 Å². The SMILES string of the molecule is O=C(CCN1C(=O)c2ccccc2N2C(=O)c3ccccc3[C@@H]12)Nc1ncn[nH]1. The standard InChI is InChI=1S/C20H16N6O3/c27-16(23-20-21-11-22-24-20)9-10-25-17-12-5-1-2-6-13(12)19(29)26(17)15-8-4-3-7-14(15)18(25)28/h1-8,11,17H,9-10H2,(H2,21,22,23,24,27)/t17-/m0/s1. The number of amides is 3. The molecular weight excluding hydrogens is 372 g/mol. The highest BCUT2D eigenvalue weighted by Gasteiger charge is 2.47. The Bertz CT molecular complexity index is 1130. The van der Waals surface area contributed by atoms with Gasteiger partial charge < -0.3 is 4.90 Å². The molecule has 5 rings (SSSR count). The summed E-state index contributed by atoms with van der Waals surface area (Å²) in [5.41, 5.74) is 2.36. The number of benzene rings is 2. The van der Waals surface area contributed by atoms with Crippen LogP contribution in [-0.4, -0.2) is 44.3 Å². The molecule has 29 heavy (non-hydrogen) atoms. The Morgan fingerprint density at radius 2 is 1.79 bits per heavy atom. The third-order valence-corrected chi connectivity index (χ3v) is 5.14. The average Bonchev–Trinajstić information content (AvgIpc) is 3.35. The summed E-state index contributed by atoms with van der Waals surface area (Å²) >= 11 is 0. The number of aromatic nitrogens is 3. The van der Waals surface area contributed by atoms with Crippen molar-refractivity contribution in [1.82, 2.24) is 20.1 Å². The van der Waals surface area contributed by atoms with Crippen LogP contribution in [0.15, 0.2) is 54.9 Å². The van der Waals surface area contributed by atoms with E-state index < -0.39 is 6.17 Å². The number of hydrogen-bond acceptors (Lipinski definition) is 5. The molecule has 1 aromatic heterocycles. The van der Waals surface area contributed by atoms with Gasteiger partial charge in [0.15, 0.2) is 0 Å². The number of fused-ring (bicyclic) bond motifs is 5. The van der Waals surface area contributed by atoms with Crippen LogP contribution in [0.1, 0.15) is 38.9 Å². The summed E-state index contributed by atoms with van der Waals surface area (Å²) in [6.45, 7) is 0.149. The molecule has 9 heteroatoms. The molecule has 2 aliphatic heterocycles. The number of carbonyl (C=O) groups excluding carboxylic acids is 3. The van der Waals surface area contributed by atoms with Crippen LogP contribution in [0.25, 0.3) is 0 Å². The highest BCUT2D eigenvalue weighted by Crippen LogP contribution is 2.45. The van der Waals surface area contributed by atoms with E-state index in [0.29, 0.717) is 16.8 Å². The first kappa shape index (κ1) is 17.1. The lowest BCUT2D eigenvalue weighted by Gasteiger charge is -2.40. The van der Waals surface area contributed by atoms with Gasteiger partial charge in [0.1, 0.15) is 12.5 Å². The molecule has 0 unspecified atom stereocenters. The Balaban J connectivity index is 1.48. The van der Waals surface area contributed by atoms with Crippen molar-refractivity contribution in [2.75, 3.05) is 16.8 Å². The molecule has 0 saturated heterocycles. The lowest BCUT2D eigenvalue weighted by Crippen LogP contribution is -2.49. The van der Waals surface area contributed by atoms with Crippen LogP contribution in [0.4, 0.5) is 11.6 Å². The summed E-state index contributed by atoms with van der Waals surface area (Å²) in [6.07, 6.45) is 0.772. The van der Waals surface area contributed by atoms with E-state index in [1.165, 1.54) is 6.33 Å². The fourth-order valence-corrected chi connectivity index (χ4v) is 3.88. The molecule has 0 aliphatic carbocycles. The number of anilines is 2. The van der Waals surface area contributed by atoms with E-state index in [9.17, 15) is 14.4 Å². The van der Waals surface area contributed by atoms with Crippen LogP contribution < -0.4 is 10.2 Å². The molecule has 3 aromatic rings. The summed E-state index contributed by atoms with van der Waals surface area (Å²) in [5.74, 6) is -0.425. The largest absolute Gasteiger partial charge is 0.313 e. The van der Waals surface area contributed by atoms with E-state index in [1.54, 1.807) is 46.2 Å². The maximum atomic E-state index is 13.2. The Morgan fingerprint density at radius 3 is 2.59 bits per heavy atom. The second-order valence-electron chi connectivity index (χ2n) is 6.78. The molecule has 1 atom stereocenters. The van der Waals surface area contributed by atoms with Gasteiger partial charge in [0.05, 0.1) is 11.3 Å². The highest BCUT2D eigenvalue weighted by atomic mass is 16.2. The predicted molar refractivity (Wildman–Crippen MR) is 103 cm³/mol. The van der Waals surface area contributed by atoms with Gasteiger partial charge in [-0.1, -0.05) is 30.3 Å². The van der Waals surface area contributed by atoms with Crippen LogP contribution in [-0.2, 0) is 4.79 Å². The Hall–Kier alpha value is -4.01. The second-order valence-corrected chi connectivity index (χ2v) is 6.78. The monoisotopic (exact) mass is 388 g/mol. The van der Waals surface area contributed by atoms with Crippen molar-refractivity contribution < 1.29 is 14.4 Å². The summed E-state index contributed by atoms with van der Waals surface area (Å²) in [4.78, 5) is 45.7. The zero-order chi connectivity index (χ0) is 20.0. The topological polar surface area (TPSA) is 111 Å². The van der Waals surface area contributed by atoms with Crippen molar-refractivity contribution in [3.8, 4) is 0 Å². The first-order valence-electron chi connectivity index (χ1n) is 9.13. The zero-order valence-electron chi connectivity index (χ0n) is 15.2. The molecule has 144 valence electrons. The Labute approximate surface area is 165 Å². The minimum atomic E-state index is -0.570. The Morgan fingerprint density at radius 1 is 1.03 bits per heavy atom. The van der Waals surface area contributed by atoms with E-state index in [4.69, 9.17) is 0 Å². The maximum absolute atomic E-state index is 13.2. The van der Waals surface area contributed by atoms with Gasteiger partial charge in [0.2, 0.25) is 11.9 Å². The van der Waals surface area contributed by atoms with Crippen LogP contribution in [0.2, 0.25) is 0 Å². The number of nitrogens with one attached hydrogen (secondary N) is 2. The minimum Gasteiger partial charge on any atom is -0.313 e. The molecule has 3 heterocycles. The minimum absolute atomic E-state index is 0.0509. The lowest BCUT2D eigenvalue weighted by molar-refractivity contribution is -0.116. The molecule has 2 aromatic carbocycles. The molecule has 9 nitrogen and oxygen atoms in total. The van der Waals surface area contributed by atoms with E-state index in [1.807, 2.05) is 12.1 Å². The third-order valence-electron chi connectivity index (χ3n) is 5.14. The van der Waals surface area contributed by atoms with Crippen molar-refractivity contribution in [3.05, 3.63) is 71.5 Å². The van der Waals surface area contributed by atoms with Gasteiger partial charge in [-0.3, -0.25) is 24.6 Å². The number of hydrogen-bond donors (Lipinski definition) is 2. The third kappa shape index (κ3) is 2.66. The van der Waals surface area contributed by atoms with Crippen LogP contribution in [0, 0.1) is 0 Å². The molecule has 0 radical (unpaired) electrons. The second kappa shape index (κ2) is 6.55. The molecule has 0 fully saturated rings. The van der Waals surface area contributed by atoms with Gasteiger partial charge >= 0.3 is 0 Å². The summed E-state index contributed by atoms with van der Waals surface area (Å²) < 4.78 is 0. The van der Waals surface area contributed by atoms with E-state index >= 15 is 0 Å². The van der Waals surface area contributed by atoms with Gasteiger partial charge in [0.25, 0.3) is 11.8 Å². The summed E-state index contributed by atoms with van der Waals surface area (Å²) in [7, 11) is 0. The van der Waals surface area contributed by atoms with Gasteiger partial charge in [-0.15, -0.1) is 0 Å². The van der Waals surface area contributed by atoms with Gasteiger partial charge in [-0.2, -0.15) is 10.1 Å². The van der Waals surface area contributed by atoms with Crippen molar-refractivity contribution in [2.24, 2.45) is 0 Å². The molecule has 2 aliphatic rings. The zero-order valence-corrected chi connectivity index (χ0v) is 15.2. The maximum Gasteiger partial charge on any atom is 0.260 e. The van der Waals surface area contributed by atoms with Crippen LogP contribution in [0.5, 0.6) is 0 Å².